The van der Waals surface area contributed by atoms with Crippen molar-refractivity contribution in [2.45, 2.75) is 50.6 Å². The molecule has 0 amide bonds. The standard InChI is InChI=1S/C16H24N2O4S/c1-4-22-16(19)13-6-5-11(2)15(10-13)23(20,21)18-14-7-8-17-12(3)9-14/h5-6,10,12,14,17-18H,4,7-9H2,1-3H3. The Bertz CT molecular complexity index is 673. The minimum Gasteiger partial charge on any atom is -0.462 e. The Morgan fingerprint density at radius 3 is 2.83 bits per heavy atom. The molecule has 2 N–H and O–H groups in total. The van der Waals surface area contributed by atoms with E-state index in [0.717, 1.165) is 19.4 Å². The number of hydrogen-bond donors (Lipinski definition) is 2. The molecule has 1 heterocycles. The number of nitrogens with one attached hydrogen (secondary N) is 2. The molecule has 7 heteroatoms. The molecule has 2 unspecified atom stereocenters. The van der Waals surface area contributed by atoms with Crippen LogP contribution in [0.25, 0.3) is 0 Å². The van der Waals surface area contributed by atoms with E-state index in [4.69, 9.17) is 4.74 Å². The van der Waals surface area contributed by atoms with E-state index in [0.29, 0.717) is 5.56 Å². The molecular formula is C16H24N2O4S. The fourth-order valence-electron chi connectivity index (χ4n) is 2.75. The molecule has 0 spiro atoms. The lowest BCUT2D eigenvalue weighted by Crippen LogP contribution is -2.46. The van der Waals surface area contributed by atoms with Gasteiger partial charge in [-0.1, -0.05) is 6.07 Å². The number of piperidine rings is 1. The molecule has 128 valence electrons. The second-order valence-electron chi connectivity index (χ2n) is 5.90. The first-order chi connectivity index (χ1) is 10.8. The first-order valence-electron chi connectivity index (χ1n) is 7.87. The lowest BCUT2D eigenvalue weighted by molar-refractivity contribution is 0.0526. The van der Waals surface area contributed by atoms with Crippen molar-refractivity contribution >= 4 is 16.0 Å². The summed E-state index contributed by atoms with van der Waals surface area (Å²) in [6, 6.07) is 4.79. The molecule has 0 aromatic heterocycles. The van der Waals surface area contributed by atoms with E-state index in [9.17, 15) is 13.2 Å². The van der Waals surface area contributed by atoms with E-state index >= 15 is 0 Å². The summed E-state index contributed by atoms with van der Waals surface area (Å²) in [5, 5.41) is 3.29. The maximum absolute atomic E-state index is 12.7. The fourth-order valence-corrected chi connectivity index (χ4v) is 4.31. The van der Waals surface area contributed by atoms with Crippen LogP contribution < -0.4 is 10.0 Å². The average Bonchev–Trinajstić information content (AvgIpc) is 2.47. The van der Waals surface area contributed by atoms with Gasteiger partial charge in [-0.3, -0.25) is 0 Å². The third kappa shape index (κ3) is 4.53. The van der Waals surface area contributed by atoms with Crippen LogP contribution in [0.1, 0.15) is 42.6 Å². The number of rotatable bonds is 5. The van der Waals surface area contributed by atoms with Gasteiger partial charge in [0.15, 0.2) is 0 Å². The van der Waals surface area contributed by atoms with Crippen LogP contribution in [0.3, 0.4) is 0 Å². The van der Waals surface area contributed by atoms with Crippen molar-refractivity contribution in [2.75, 3.05) is 13.2 Å². The Labute approximate surface area is 137 Å². The molecule has 1 fully saturated rings. The molecule has 0 radical (unpaired) electrons. The first-order valence-corrected chi connectivity index (χ1v) is 9.35. The summed E-state index contributed by atoms with van der Waals surface area (Å²) in [7, 11) is -3.67. The number of carbonyl (C=O) groups is 1. The Morgan fingerprint density at radius 1 is 1.43 bits per heavy atom. The highest BCUT2D eigenvalue weighted by Gasteiger charge is 2.26. The van der Waals surface area contributed by atoms with Crippen molar-refractivity contribution in [1.82, 2.24) is 10.0 Å². The maximum atomic E-state index is 12.7. The topological polar surface area (TPSA) is 84.5 Å². The Kier molecular flexibility index (Phi) is 5.78. The number of hydrogen-bond acceptors (Lipinski definition) is 5. The molecule has 2 rings (SSSR count). The SMILES string of the molecule is CCOC(=O)c1ccc(C)c(S(=O)(=O)NC2CCNC(C)C2)c1. The largest absolute Gasteiger partial charge is 0.462 e. The predicted molar refractivity (Wildman–Crippen MR) is 87.9 cm³/mol. The molecule has 0 aliphatic carbocycles. The summed E-state index contributed by atoms with van der Waals surface area (Å²) in [5.41, 5.74) is 0.851. The second-order valence-corrected chi connectivity index (χ2v) is 7.58. The Balaban J connectivity index is 2.24. The number of sulfonamides is 1. The van der Waals surface area contributed by atoms with Crippen molar-refractivity contribution in [3.63, 3.8) is 0 Å². The second kappa shape index (κ2) is 7.42. The number of ether oxygens (including phenoxy) is 1. The minimum absolute atomic E-state index is 0.0955. The zero-order valence-electron chi connectivity index (χ0n) is 13.8. The van der Waals surface area contributed by atoms with Crippen molar-refractivity contribution in [2.24, 2.45) is 0 Å². The van der Waals surface area contributed by atoms with Gasteiger partial charge >= 0.3 is 5.97 Å². The van der Waals surface area contributed by atoms with Crippen LogP contribution in [-0.2, 0) is 14.8 Å². The van der Waals surface area contributed by atoms with Gasteiger partial charge in [0.2, 0.25) is 10.0 Å². The molecular weight excluding hydrogens is 316 g/mol. The lowest BCUT2D eigenvalue weighted by atomic mass is 10.0. The molecule has 6 nitrogen and oxygen atoms in total. The van der Waals surface area contributed by atoms with Gasteiger partial charge in [-0.25, -0.2) is 17.9 Å². The highest BCUT2D eigenvalue weighted by Crippen LogP contribution is 2.20. The zero-order valence-corrected chi connectivity index (χ0v) is 14.6. The van der Waals surface area contributed by atoms with E-state index in [1.54, 1.807) is 26.0 Å². The van der Waals surface area contributed by atoms with Gasteiger partial charge in [-0.05, 0) is 57.9 Å². The molecule has 1 aliphatic heterocycles. The van der Waals surface area contributed by atoms with E-state index in [2.05, 4.69) is 10.0 Å². The van der Waals surface area contributed by atoms with Gasteiger partial charge < -0.3 is 10.1 Å². The van der Waals surface area contributed by atoms with E-state index in [-0.39, 0.29) is 29.1 Å². The van der Waals surface area contributed by atoms with Gasteiger partial charge in [-0.2, -0.15) is 0 Å². The molecule has 1 aromatic carbocycles. The van der Waals surface area contributed by atoms with Crippen LogP contribution in [-0.4, -0.2) is 39.6 Å². The summed E-state index contributed by atoms with van der Waals surface area (Å²) < 4.78 is 33.1. The molecule has 1 aliphatic rings. The average molecular weight is 340 g/mol. The maximum Gasteiger partial charge on any atom is 0.338 e. The van der Waals surface area contributed by atoms with E-state index < -0.39 is 16.0 Å². The monoisotopic (exact) mass is 340 g/mol. The zero-order chi connectivity index (χ0) is 17.0. The quantitative estimate of drug-likeness (QED) is 0.795. The molecule has 1 aromatic rings. The normalized spacial score (nSPS) is 21.9. The van der Waals surface area contributed by atoms with Crippen LogP contribution >= 0.6 is 0 Å². The van der Waals surface area contributed by atoms with Crippen LogP contribution in [0.5, 0.6) is 0 Å². The Morgan fingerprint density at radius 2 is 2.17 bits per heavy atom. The van der Waals surface area contributed by atoms with Gasteiger partial charge in [0.1, 0.15) is 0 Å². The van der Waals surface area contributed by atoms with Crippen LogP contribution in [0.4, 0.5) is 0 Å². The number of esters is 1. The minimum atomic E-state index is -3.67. The van der Waals surface area contributed by atoms with Crippen LogP contribution in [0, 0.1) is 6.92 Å². The van der Waals surface area contributed by atoms with Crippen molar-refractivity contribution in [3.8, 4) is 0 Å². The summed E-state index contributed by atoms with van der Waals surface area (Å²) >= 11 is 0. The number of benzene rings is 1. The molecule has 0 saturated carbocycles. The highest BCUT2D eigenvalue weighted by molar-refractivity contribution is 7.89. The molecule has 23 heavy (non-hydrogen) atoms. The van der Waals surface area contributed by atoms with Crippen LogP contribution in [0.2, 0.25) is 0 Å². The highest BCUT2D eigenvalue weighted by atomic mass is 32.2. The third-order valence-corrected chi connectivity index (χ3v) is 5.60. The summed E-state index contributed by atoms with van der Waals surface area (Å²) in [6.07, 6.45) is 1.50. The number of carbonyl (C=O) groups excluding carboxylic acids is 1. The molecule has 0 bridgehead atoms. The third-order valence-electron chi connectivity index (χ3n) is 3.93. The van der Waals surface area contributed by atoms with Gasteiger partial charge in [0.05, 0.1) is 17.1 Å². The fraction of sp³-hybridized carbons (Fsp3) is 0.562. The van der Waals surface area contributed by atoms with Crippen LogP contribution in [0.15, 0.2) is 23.1 Å². The van der Waals surface area contributed by atoms with Gasteiger partial charge in [0, 0.05) is 12.1 Å². The predicted octanol–water partition coefficient (Wildman–Crippen LogP) is 1.59. The lowest BCUT2D eigenvalue weighted by Gasteiger charge is -2.28. The van der Waals surface area contributed by atoms with Gasteiger partial charge in [-0.15, -0.1) is 0 Å². The van der Waals surface area contributed by atoms with Crippen molar-refractivity contribution in [1.29, 1.82) is 0 Å². The van der Waals surface area contributed by atoms with Gasteiger partial charge in [0.25, 0.3) is 0 Å². The summed E-state index contributed by atoms with van der Waals surface area (Å²) in [4.78, 5) is 12.0. The summed E-state index contributed by atoms with van der Waals surface area (Å²) in [5.74, 6) is -0.514. The van der Waals surface area contributed by atoms with E-state index in [1.165, 1.54) is 6.07 Å². The first kappa shape index (κ1) is 17.9. The van der Waals surface area contributed by atoms with Crippen molar-refractivity contribution < 1.29 is 17.9 Å². The summed E-state index contributed by atoms with van der Waals surface area (Å²) in [6.45, 7) is 6.50. The molecule has 2 atom stereocenters. The van der Waals surface area contributed by atoms with Crippen molar-refractivity contribution in [3.05, 3.63) is 29.3 Å². The number of aryl methyl sites for hydroxylation is 1. The molecule has 1 saturated heterocycles. The Hall–Kier alpha value is -1.44. The smallest absolute Gasteiger partial charge is 0.338 e. The van der Waals surface area contributed by atoms with E-state index in [1.807, 2.05) is 6.92 Å².